The Hall–Kier alpha value is -2.60. The van der Waals surface area contributed by atoms with E-state index in [9.17, 15) is 10.1 Å². The Morgan fingerprint density at radius 2 is 1.77 bits per heavy atom. The standard InChI is InChI=1S/C16H18N2O4/c1-21-15-5-3-4-13(16(15)22-2)11-17-10-12-6-8-14(9-7-12)18(19)20/h3-9,17H,10-11H2,1-2H3/p+1. The minimum absolute atomic E-state index is 0.109. The van der Waals surface area contributed by atoms with Crippen molar-refractivity contribution in [2.75, 3.05) is 14.2 Å². The van der Waals surface area contributed by atoms with Gasteiger partial charge in [-0.1, -0.05) is 6.07 Å². The van der Waals surface area contributed by atoms with Gasteiger partial charge in [0.05, 0.1) is 24.7 Å². The third-order valence-corrected chi connectivity index (χ3v) is 3.38. The summed E-state index contributed by atoms with van der Waals surface area (Å²) in [7, 11) is 3.24. The largest absolute Gasteiger partial charge is 0.493 e. The van der Waals surface area contributed by atoms with E-state index in [-0.39, 0.29) is 5.69 Å². The molecule has 2 N–H and O–H groups in total. The number of nitrogens with two attached hydrogens (primary N) is 1. The number of benzene rings is 2. The van der Waals surface area contributed by atoms with Gasteiger partial charge in [0.25, 0.3) is 5.69 Å². The smallest absolute Gasteiger partial charge is 0.269 e. The van der Waals surface area contributed by atoms with Crippen LogP contribution in [0.3, 0.4) is 0 Å². The van der Waals surface area contributed by atoms with Crippen LogP contribution in [0.15, 0.2) is 42.5 Å². The highest BCUT2D eigenvalue weighted by Gasteiger charge is 2.11. The molecule has 0 radical (unpaired) electrons. The number of non-ortho nitro benzene ring substituents is 1. The first kappa shape index (κ1) is 15.8. The van der Waals surface area contributed by atoms with Crippen molar-refractivity contribution in [2.24, 2.45) is 0 Å². The van der Waals surface area contributed by atoms with Crippen LogP contribution in [0.2, 0.25) is 0 Å². The van der Waals surface area contributed by atoms with E-state index in [1.165, 1.54) is 12.1 Å². The lowest BCUT2D eigenvalue weighted by Gasteiger charge is -2.11. The molecule has 0 aromatic heterocycles. The Labute approximate surface area is 128 Å². The summed E-state index contributed by atoms with van der Waals surface area (Å²) in [6.07, 6.45) is 0. The molecule has 0 unspecified atom stereocenters. The number of ether oxygens (including phenoxy) is 2. The van der Waals surface area contributed by atoms with E-state index >= 15 is 0 Å². The number of hydrogen-bond donors (Lipinski definition) is 1. The van der Waals surface area contributed by atoms with Crippen LogP contribution in [0.25, 0.3) is 0 Å². The zero-order valence-corrected chi connectivity index (χ0v) is 12.6. The van der Waals surface area contributed by atoms with Crippen LogP contribution in [-0.2, 0) is 13.1 Å². The van der Waals surface area contributed by atoms with Crippen molar-refractivity contribution in [3.8, 4) is 11.5 Å². The van der Waals surface area contributed by atoms with Crippen molar-refractivity contribution >= 4 is 5.69 Å². The predicted octanol–water partition coefficient (Wildman–Crippen LogP) is 1.88. The van der Waals surface area contributed by atoms with Gasteiger partial charge in [0.2, 0.25) is 0 Å². The topological polar surface area (TPSA) is 78.2 Å². The van der Waals surface area contributed by atoms with Gasteiger partial charge in [0.1, 0.15) is 13.1 Å². The summed E-state index contributed by atoms with van der Waals surface area (Å²) in [5, 5.41) is 12.7. The maximum Gasteiger partial charge on any atom is 0.269 e. The van der Waals surface area contributed by atoms with E-state index in [0.29, 0.717) is 5.75 Å². The van der Waals surface area contributed by atoms with Crippen molar-refractivity contribution in [3.05, 3.63) is 63.7 Å². The van der Waals surface area contributed by atoms with Crippen LogP contribution in [0.1, 0.15) is 11.1 Å². The van der Waals surface area contributed by atoms with E-state index in [4.69, 9.17) is 9.47 Å². The number of hydrogen-bond acceptors (Lipinski definition) is 4. The lowest BCUT2D eigenvalue weighted by molar-refractivity contribution is -0.686. The monoisotopic (exact) mass is 303 g/mol. The molecule has 0 aliphatic rings. The highest BCUT2D eigenvalue weighted by atomic mass is 16.6. The second-order valence-corrected chi connectivity index (χ2v) is 4.77. The number of nitrogens with zero attached hydrogens (tertiary/aromatic N) is 1. The first-order valence-corrected chi connectivity index (χ1v) is 6.90. The average Bonchev–Trinajstić information content (AvgIpc) is 2.55. The number of nitro groups is 1. The van der Waals surface area contributed by atoms with Crippen LogP contribution in [0.5, 0.6) is 11.5 Å². The van der Waals surface area contributed by atoms with E-state index in [0.717, 1.165) is 30.0 Å². The molecule has 0 spiro atoms. The first-order chi connectivity index (χ1) is 10.7. The molecular formula is C16H19N2O4+. The molecule has 116 valence electrons. The average molecular weight is 303 g/mol. The summed E-state index contributed by atoms with van der Waals surface area (Å²) in [4.78, 5) is 10.2. The fraction of sp³-hybridized carbons (Fsp3) is 0.250. The Kier molecular flexibility index (Phi) is 5.32. The fourth-order valence-corrected chi connectivity index (χ4v) is 2.26. The summed E-state index contributed by atoms with van der Waals surface area (Å²) < 4.78 is 10.7. The molecule has 0 amide bonds. The zero-order valence-electron chi connectivity index (χ0n) is 12.6. The zero-order chi connectivity index (χ0) is 15.9. The first-order valence-electron chi connectivity index (χ1n) is 6.90. The molecule has 6 heteroatoms. The maximum atomic E-state index is 10.6. The van der Waals surface area contributed by atoms with Gasteiger partial charge in [-0.05, 0) is 24.3 Å². The molecule has 0 heterocycles. The van der Waals surface area contributed by atoms with Gasteiger partial charge in [0, 0.05) is 17.7 Å². The Bertz CT molecular complexity index is 641. The van der Waals surface area contributed by atoms with Gasteiger partial charge in [-0.3, -0.25) is 10.1 Å². The number of nitro benzene ring substituents is 1. The van der Waals surface area contributed by atoms with Crippen LogP contribution < -0.4 is 14.8 Å². The van der Waals surface area contributed by atoms with Gasteiger partial charge < -0.3 is 14.8 Å². The Balaban J connectivity index is 1.97. The Morgan fingerprint density at radius 3 is 2.36 bits per heavy atom. The van der Waals surface area contributed by atoms with Crippen LogP contribution in [0.4, 0.5) is 5.69 Å². The summed E-state index contributed by atoms with van der Waals surface area (Å²) >= 11 is 0. The second-order valence-electron chi connectivity index (χ2n) is 4.77. The normalized spacial score (nSPS) is 10.3. The van der Waals surface area contributed by atoms with Crippen LogP contribution in [-0.4, -0.2) is 19.1 Å². The van der Waals surface area contributed by atoms with E-state index < -0.39 is 4.92 Å². The number of rotatable bonds is 7. The van der Waals surface area contributed by atoms with Gasteiger partial charge in [-0.25, -0.2) is 0 Å². The highest BCUT2D eigenvalue weighted by molar-refractivity contribution is 5.46. The molecule has 22 heavy (non-hydrogen) atoms. The van der Waals surface area contributed by atoms with Gasteiger partial charge >= 0.3 is 0 Å². The van der Waals surface area contributed by atoms with E-state index in [1.54, 1.807) is 26.4 Å². The van der Waals surface area contributed by atoms with Crippen molar-refractivity contribution in [2.45, 2.75) is 13.1 Å². The van der Waals surface area contributed by atoms with Crippen LogP contribution in [0, 0.1) is 10.1 Å². The van der Waals surface area contributed by atoms with Gasteiger partial charge in [-0.2, -0.15) is 0 Å². The summed E-state index contributed by atoms with van der Waals surface area (Å²) in [5.74, 6) is 1.45. The van der Waals surface area contributed by atoms with Crippen molar-refractivity contribution in [1.82, 2.24) is 0 Å². The fourth-order valence-electron chi connectivity index (χ4n) is 2.26. The molecule has 0 bridgehead atoms. The number of para-hydroxylation sites is 1. The van der Waals surface area contributed by atoms with Crippen molar-refractivity contribution < 1.29 is 19.7 Å². The molecule has 0 aliphatic carbocycles. The molecule has 2 aromatic rings. The van der Waals surface area contributed by atoms with Crippen molar-refractivity contribution in [1.29, 1.82) is 0 Å². The van der Waals surface area contributed by atoms with Crippen molar-refractivity contribution in [3.63, 3.8) is 0 Å². The quantitative estimate of drug-likeness (QED) is 0.625. The lowest BCUT2D eigenvalue weighted by atomic mass is 10.1. The minimum Gasteiger partial charge on any atom is -0.493 e. The molecule has 0 saturated carbocycles. The molecule has 0 aliphatic heterocycles. The molecule has 0 saturated heterocycles. The number of methoxy groups -OCH3 is 2. The second kappa shape index (κ2) is 7.42. The van der Waals surface area contributed by atoms with Crippen LogP contribution >= 0.6 is 0 Å². The number of quaternary nitrogens is 1. The van der Waals surface area contributed by atoms with Gasteiger partial charge in [-0.15, -0.1) is 0 Å². The van der Waals surface area contributed by atoms with E-state index in [1.807, 2.05) is 18.2 Å². The molecular weight excluding hydrogens is 284 g/mol. The molecule has 6 nitrogen and oxygen atoms in total. The molecule has 2 rings (SSSR count). The third-order valence-electron chi connectivity index (χ3n) is 3.38. The molecule has 0 fully saturated rings. The predicted molar refractivity (Wildman–Crippen MR) is 82.0 cm³/mol. The third kappa shape index (κ3) is 3.73. The summed E-state index contributed by atoms with van der Waals surface area (Å²) in [5.41, 5.74) is 2.19. The lowest BCUT2D eigenvalue weighted by Crippen LogP contribution is -2.80. The summed E-state index contributed by atoms with van der Waals surface area (Å²) in [6.45, 7) is 1.47. The molecule has 2 aromatic carbocycles. The molecule has 0 atom stereocenters. The van der Waals surface area contributed by atoms with Gasteiger partial charge in [0.15, 0.2) is 11.5 Å². The minimum atomic E-state index is -0.394. The maximum absolute atomic E-state index is 10.6. The highest BCUT2D eigenvalue weighted by Crippen LogP contribution is 2.29. The SMILES string of the molecule is COc1cccc(C[NH2+]Cc2ccc([N+](=O)[O-])cc2)c1OC. The van der Waals surface area contributed by atoms with E-state index in [2.05, 4.69) is 5.32 Å². The summed E-state index contributed by atoms with van der Waals surface area (Å²) in [6, 6.07) is 12.4. The Morgan fingerprint density at radius 1 is 1.05 bits per heavy atom.